The van der Waals surface area contributed by atoms with Gasteiger partial charge in [0.25, 0.3) is 0 Å². The van der Waals surface area contributed by atoms with E-state index in [-0.39, 0.29) is 19.1 Å². The van der Waals surface area contributed by atoms with Gasteiger partial charge in [0, 0.05) is 6.42 Å². The van der Waals surface area contributed by atoms with Crippen LogP contribution in [0.1, 0.15) is 271 Å². The lowest BCUT2D eigenvalue weighted by Crippen LogP contribution is -2.46. The molecule has 0 bridgehead atoms. The summed E-state index contributed by atoms with van der Waals surface area (Å²) >= 11 is 0. The first-order valence-corrected chi connectivity index (χ1v) is 32.4. The van der Waals surface area contributed by atoms with Gasteiger partial charge in [-0.2, -0.15) is 0 Å². The summed E-state index contributed by atoms with van der Waals surface area (Å²) < 4.78 is 23.8. The molecule has 0 saturated carbocycles. The summed E-state index contributed by atoms with van der Waals surface area (Å²) in [6.07, 6.45) is 77.8. The second kappa shape index (κ2) is 55.4. The molecule has 0 aliphatic carbocycles. The number of nitrogens with zero attached hydrogens (tertiary/aromatic N) is 1. The highest BCUT2D eigenvalue weighted by atomic mass is 31.2. The number of likely N-dealkylation sites (N-methyl/N-ethyl adjacent to an activating group) is 1. The molecule has 3 atom stereocenters. The van der Waals surface area contributed by atoms with Gasteiger partial charge in [-0.25, -0.2) is 4.57 Å². The Hall–Kier alpha value is -2.32. The molecular formula is C65H120N2O6P+. The predicted molar refractivity (Wildman–Crippen MR) is 323 cm³/mol. The van der Waals surface area contributed by atoms with E-state index < -0.39 is 20.0 Å². The lowest BCUT2D eigenvalue weighted by atomic mass is 10.0. The van der Waals surface area contributed by atoms with Gasteiger partial charge in [-0.1, -0.05) is 279 Å². The van der Waals surface area contributed by atoms with Crippen LogP contribution in [0.3, 0.4) is 0 Å². The van der Waals surface area contributed by atoms with Crippen molar-refractivity contribution in [2.24, 2.45) is 0 Å². The average Bonchev–Trinajstić information content (AvgIpc) is 3.36. The van der Waals surface area contributed by atoms with E-state index in [9.17, 15) is 19.4 Å². The molecule has 0 spiro atoms. The van der Waals surface area contributed by atoms with Crippen molar-refractivity contribution in [2.75, 3.05) is 40.9 Å². The predicted octanol–water partition coefficient (Wildman–Crippen LogP) is 19.2. The number of amides is 1. The number of aliphatic hydroxyl groups excluding tert-OH is 1. The molecule has 0 saturated heterocycles. The summed E-state index contributed by atoms with van der Waals surface area (Å²) in [5.41, 5.74) is 0. The summed E-state index contributed by atoms with van der Waals surface area (Å²) in [6, 6.07) is -0.770. The van der Waals surface area contributed by atoms with E-state index >= 15 is 0 Å². The van der Waals surface area contributed by atoms with Crippen molar-refractivity contribution in [3.05, 3.63) is 85.1 Å². The van der Waals surface area contributed by atoms with Crippen LogP contribution in [0.2, 0.25) is 0 Å². The maximum absolute atomic E-state index is 13.0. The van der Waals surface area contributed by atoms with E-state index in [1.807, 2.05) is 21.1 Å². The number of quaternary nitrogens is 1. The van der Waals surface area contributed by atoms with Gasteiger partial charge < -0.3 is 19.8 Å². The maximum Gasteiger partial charge on any atom is 0.472 e. The van der Waals surface area contributed by atoms with E-state index in [0.29, 0.717) is 23.9 Å². The number of aliphatic hydroxyl groups is 1. The molecule has 0 heterocycles. The molecule has 3 unspecified atom stereocenters. The van der Waals surface area contributed by atoms with Crippen LogP contribution >= 0.6 is 7.82 Å². The van der Waals surface area contributed by atoms with Crippen LogP contribution in [0.4, 0.5) is 0 Å². The Bertz CT molecular complexity index is 1480. The maximum atomic E-state index is 13.0. The molecule has 430 valence electrons. The molecule has 0 aromatic heterocycles. The van der Waals surface area contributed by atoms with Crippen molar-refractivity contribution in [1.29, 1.82) is 0 Å². The number of phosphoric ester groups is 1. The highest BCUT2D eigenvalue weighted by Crippen LogP contribution is 2.43. The third-order valence-electron chi connectivity index (χ3n) is 13.7. The minimum absolute atomic E-state index is 0.0702. The van der Waals surface area contributed by atoms with E-state index in [2.05, 4.69) is 104 Å². The molecular weight excluding hydrogens is 936 g/mol. The van der Waals surface area contributed by atoms with Crippen LogP contribution in [-0.2, 0) is 18.4 Å². The molecule has 0 fully saturated rings. The lowest BCUT2D eigenvalue weighted by Gasteiger charge is -2.26. The first-order chi connectivity index (χ1) is 36.0. The van der Waals surface area contributed by atoms with Crippen LogP contribution in [0, 0.1) is 0 Å². The number of nitrogens with one attached hydrogen (secondary N) is 1. The molecule has 9 heteroatoms. The van der Waals surface area contributed by atoms with Gasteiger partial charge in [0.05, 0.1) is 39.9 Å². The molecule has 8 nitrogen and oxygen atoms in total. The van der Waals surface area contributed by atoms with E-state index in [1.54, 1.807) is 0 Å². The topological polar surface area (TPSA) is 105 Å². The second-order valence-electron chi connectivity index (χ2n) is 22.1. The number of unbranched alkanes of at least 4 members (excludes halogenated alkanes) is 29. The Labute approximate surface area is 458 Å². The van der Waals surface area contributed by atoms with Gasteiger partial charge in [0.1, 0.15) is 13.2 Å². The quantitative estimate of drug-likeness (QED) is 0.0243. The zero-order valence-electron chi connectivity index (χ0n) is 49.1. The Morgan fingerprint density at radius 2 is 0.811 bits per heavy atom. The summed E-state index contributed by atoms with van der Waals surface area (Å²) in [5, 5.41) is 14.1. The molecule has 0 rings (SSSR count). The Kier molecular flexibility index (Phi) is 53.7. The van der Waals surface area contributed by atoms with Gasteiger partial charge in [-0.05, 0) is 70.6 Å². The standard InChI is InChI=1S/C65H119N2O6P/c1-6-8-10-12-14-16-18-20-22-24-26-28-29-30-31-32-33-34-35-36-37-39-41-43-45-47-49-51-53-55-57-59-65(69)66-63(62-73-74(70,71)72-61-60-67(3,4)5)64(68)58-56-54-52-50-48-46-44-42-40-38-27-25-23-21-19-17-15-13-11-9-7-2/h8,10,14,16,20,22,26,28,30-31,33-34,36-37,63-64,68H,6-7,9,11-13,15,17-19,21,23-25,27,29,32,35,38-62H2,1-5H3,(H-,66,69,70,71)/p+1/b10-8-,16-14-,22-20-,28-26-,31-30-,34-33-,37-36-. The van der Waals surface area contributed by atoms with Crippen LogP contribution < -0.4 is 5.32 Å². The SMILES string of the molecule is CC/C=C\C/C=C\C/C=C\C/C=C\C/C=C\C/C=C\C/C=C\CCCCCCCCCCCC(=O)NC(COP(=O)(O)OCC[N+](C)(C)C)C(O)CCCCCCCCCCCCCCCCCCCCCCC. The van der Waals surface area contributed by atoms with Crippen molar-refractivity contribution in [1.82, 2.24) is 5.32 Å². The molecule has 0 radical (unpaired) electrons. The number of hydrogen-bond donors (Lipinski definition) is 3. The van der Waals surface area contributed by atoms with Crippen molar-refractivity contribution in [3.8, 4) is 0 Å². The van der Waals surface area contributed by atoms with E-state index in [1.165, 1.54) is 154 Å². The monoisotopic (exact) mass is 1060 g/mol. The second-order valence-corrected chi connectivity index (χ2v) is 23.5. The van der Waals surface area contributed by atoms with Crippen molar-refractivity contribution < 1.29 is 32.9 Å². The fourth-order valence-corrected chi connectivity index (χ4v) is 9.59. The average molecular weight is 1060 g/mol. The van der Waals surface area contributed by atoms with Crippen LogP contribution in [-0.4, -0.2) is 73.4 Å². The number of phosphoric acid groups is 1. The van der Waals surface area contributed by atoms with Crippen molar-refractivity contribution >= 4 is 13.7 Å². The molecule has 0 aliphatic rings. The third kappa shape index (κ3) is 57.4. The van der Waals surface area contributed by atoms with Crippen LogP contribution in [0.5, 0.6) is 0 Å². The fourth-order valence-electron chi connectivity index (χ4n) is 8.85. The molecule has 74 heavy (non-hydrogen) atoms. The Morgan fingerprint density at radius 1 is 0.473 bits per heavy atom. The van der Waals surface area contributed by atoms with Crippen molar-refractivity contribution in [2.45, 2.75) is 283 Å². The van der Waals surface area contributed by atoms with Gasteiger partial charge >= 0.3 is 7.82 Å². The summed E-state index contributed by atoms with van der Waals surface area (Å²) in [7, 11) is 1.61. The number of carbonyl (C=O) groups excluding carboxylic acids is 1. The first-order valence-electron chi connectivity index (χ1n) is 31.0. The highest BCUT2D eigenvalue weighted by molar-refractivity contribution is 7.47. The molecule has 0 aromatic rings. The molecule has 0 aromatic carbocycles. The van der Waals surface area contributed by atoms with Gasteiger partial charge in [-0.15, -0.1) is 0 Å². The first kappa shape index (κ1) is 71.7. The van der Waals surface area contributed by atoms with Crippen LogP contribution in [0.15, 0.2) is 85.1 Å². The largest absolute Gasteiger partial charge is 0.472 e. The summed E-state index contributed by atoms with van der Waals surface area (Å²) in [5.74, 6) is -0.151. The summed E-state index contributed by atoms with van der Waals surface area (Å²) in [6.45, 7) is 4.79. The Morgan fingerprint density at radius 3 is 1.19 bits per heavy atom. The number of carbonyl (C=O) groups is 1. The molecule has 0 aliphatic heterocycles. The number of hydrogen-bond acceptors (Lipinski definition) is 5. The lowest BCUT2D eigenvalue weighted by molar-refractivity contribution is -0.870. The van der Waals surface area contributed by atoms with Gasteiger partial charge in [0.2, 0.25) is 5.91 Å². The number of allylic oxidation sites excluding steroid dienone is 14. The minimum Gasteiger partial charge on any atom is -0.391 e. The zero-order valence-corrected chi connectivity index (χ0v) is 50.0. The van der Waals surface area contributed by atoms with Crippen molar-refractivity contribution in [3.63, 3.8) is 0 Å². The Balaban J connectivity index is 4.16. The fraction of sp³-hybridized carbons (Fsp3) is 0.769. The number of rotatable bonds is 56. The van der Waals surface area contributed by atoms with E-state index in [4.69, 9.17) is 9.05 Å². The van der Waals surface area contributed by atoms with Crippen LogP contribution in [0.25, 0.3) is 0 Å². The summed E-state index contributed by atoms with van der Waals surface area (Å²) in [4.78, 5) is 23.4. The normalized spacial score (nSPS) is 14.4. The minimum atomic E-state index is -4.33. The molecule has 1 amide bonds. The van der Waals surface area contributed by atoms with Gasteiger partial charge in [-0.3, -0.25) is 13.8 Å². The zero-order chi connectivity index (χ0) is 54.2. The van der Waals surface area contributed by atoms with Gasteiger partial charge in [0.15, 0.2) is 0 Å². The molecule has 3 N–H and O–H groups in total. The van der Waals surface area contributed by atoms with E-state index in [0.717, 1.165) is 89.9 Å². The highest BCUT2D eigenvalue weighted by Gasteiger charge is 2.28. The third-order valence-corrected chi connectivity index (χ3v) is 14.6. The smallest absolute Gasteiger partial charge is 0.391 e.